The van der Waals surface area contributed by atoms with E-state index in [2.05, 4.69) is 20.2 Å². The first-order valence-corrected chi connectivity index (χ1v) is 5.77. The molecule has 0 atom stereocenters. The molecule has 0 aromatic carbocycles. The number of hydrogen-bond donors (Lipinski definition) is 2. The maximum absolute atomic E-state index is 5.59. The molecule has 0 fully saturated rings. The third kappa shape index (κ3) is 5.35. The molecule has 3 N–H and O–H groups in total. The van der Waals surface area contributed by atoms with Gasteiger partial charge in [0.1, 0.15) is 5.82 Å². The number of nitrogens with one attached hydrogen (secondary N) is 1. The van der Waals surface area contributed by atoms with Gasteiger partial charge in [-0.2, -0.15) is 9.97 Å². The van der Waals surface area contributed by atoms with Gasteiger partial charge in [-0.1, -0.05) is 0 Å². The van der Waals surface area contributed by atoms with Crippen molar-refractivity contribution in [3.8, 4) is 5.88 Å². The van der Waals surface area contributed by atoms with Crippen molar-refractivity contribution in [1.82, 2.24) is 14.9 Å². The van der Waals surface area contributed by atoms with Crippen LogP contribution in [0.2, 0.25) is 0 Å². The molecule has 0 amide bonds. The minimum Gasteiger partial charge on any atom is -0.477 e. The van der Waals surface area contributed by atoms with Gasteiger partial charge in [0.25, 0.3) is 0 Å². The van der Waals surface area contributed by atoms with E-state index in [9.17, 15) is 0 Å². The van der Waals surface area contributed by atoms with Crippen LogP contribution in [0.4, 0.5) is 11.8 Å². The summed E-state index contributed by atoms with van der Waals surface area (Å²) in [5.74, 6) is 1.45. The standard InChI is InChI=1S/C11H21N5O/c1-4-13-9-8-10(15-11(12)14-9)17-7-5-6-16(2)3/h8H,4-7H2,1-3H3,(H3,12,13,14,15). The summed E-state index contributed by atoms with van der Waals surface area (Å²) in [6, 6.07) is 1.76. The van der Waals surface area contributed by atoms with Gasteiger partial charge in [0.15, 0.2) is 0 Å². The van der Waals surface area contributed by atoms with E-state index in [0.717, 1.165) is 19.5 Å². The predicted molar refractivity (Wildman–Crippen MR) is 69.3 cm³/mol. The quantitative estimate of drug-likeness (QED) is 0.686. The zero-order valence-electron chi connectivity index (χ0n) is 10.7. The van der Waals surface area contributed by atoms with E-state index in [1.165, 1.54) is 0 Å². The summed E-state index contributed by atoms with van der Waals surface area (Å²) in [6.07, 6.45) is 0.952. The molecule has 0 aliphatic rings. The topological polar surface area (TPSA) is 76.3 Å². The highest BCUT2D eigenvalue weighted by molar-refractivity contribution is 5.42. The monoisotopic (exact) mass is 239 g/mol. The molecule has 0 saturated heterocycles. The van der Waals surface area contributed by atoms with Crippen LogP contribution >= 0.6 is 0 Å². The van der Waals surface area contributed by atoms with E-state index in [-0.39, 0.29) is 5.95 Å². The molecule has 17 heavy (non-hydrogen) atoms. The normalized spacial score (nSPS) is 10.6. The van der Waals surface area contributed by atoms with Crippen LogP contribution in [0.15, 0.2) is 6.07 Å². The highest BCUT2D eigenvalue weighted by Crippen LogP contribution is 2.14. The Hall–Kier alpha value is -1.56. The molecule has 0 spiro atoms. The number of rotatable bonds is 7. The van der Waals surface area contributed by atoms with Gasteiger partial charge in [-0.15, -0.1) is 0 Å². The van der Waals surface area contributed by atoms with Crippen molar-refractivity contribution < 1.29 is 4.74 Å². The Bertz CT molecular complexity index is 343. The Balaban J connectivity index is 2.46. The van der Waals surface area contributed by atoms with Gasteiger partial charge in [-0.25, -0.2) is 0 Å². The molecular weight excluding hydrogens is 218 g/mol. The van der Waals surface area contributed by atoms with Gasteiger partial charge in [0, 0.05) is 19.2 Å². The van der Waals surface area contributed by atoms with Gasteiger partial charge in [-0.3, -0.25) is 0 Å². The lowest BCUT2D eigenvalue weighted by atomic mass is 10.4. The molecule has 0 bridgehead atoms. The Morgan fingerprint density at radius 1 is 1.41 bits per heavy atom. The molecule has 1 heterocycles. The van der Waals surface area contributed by atoms with Crippen LogP contribution < -0.4 is 15.8 Å². The molecule has 0 saturated carbocycles. The first-order chi connectivity index (χ1) is 8.11. The summed E-state index contributed by atoms with van der Waals surface area (Å²) >= 11 is 0. The zero-order valence-corrected chi connectivity index (χ0v) is 10.7. The highest BCUT2D eigenvalue weighted by Gasteiger charge is 2.02. The van der Waals surface area contributed by atoms with Crippen LogP contribution in [0, 0.1) is 0 Å². The van der Waals surface area contributed by atoms with Crippen molar-refractivity contribution in [2.45, 2.75) is 13.3 Å². The maximum Gasteiger partial charge on any atom is 0.225 e. The molecule has 0 aliphatic carbocycles. The van der Waals surface area contributed by atoms with Crippen molar-refractivity contribution in [2.75, 3.05) is 44.8 Å². The lowest BCUT2D eigenvalue weighted by molar-refractivity contribution is 0.273. The Morgan fingerprint density at radius 2 is 2.18 bits per heavy atom. The number of nitrogens with zero attached hydrogens (tertiary/aromatic N) is 3. The second-order valence-corrected chi connectivity index (χ2v) is 3.99. The van der Waals surface area contributed by atoms with Crippen molar-refractivity contribution in [1.29, 1.82) is 0 Å². The fraction of sp³-hybridized carbons (Fsp3) is 0.636. The molecule has 6 heteroatoms. The number of nitrogens with two attached hydrogens (primary N) is 1. The van der Waals surface area contributed by atoms with Gasteiger partial charge < -0.3 is 20.7 Å². The zero-order chi connectivity index (χ0) is 12.7. The van der Waals surface area contributed by atoms with E-state index < -0.39 is 0 Å². The smallest absolute Gasteiger partial charge is 0.225 e. The van der Waals surface area contributed by atoms with Crippen molar-refractivity contribution in [3.63, 3.8) is 0 Å². The number of anilines is 2. The van der Waals surface area contributed by atoms with Crippen LogP contribution in [0.5, 0.6) is 5.88 Å². The third-order valence-electron chi connectivity index (χ3n) is 2.08. The lowest BCUT2D eigenvalue weighted by Gasteiger charge is -2.11. The van der Waals surface area contributed by atoms with E-state index in [1.54, 1.807) is 6.07 Å². The van der Waals surface area contributed by atoms with Gasteiger partial charge in [0.2, 0.25) is 11.8 Å². The summed E-state index contributed by atoms with van der Waals surface area (Å²) in [7, 11) is 4.07. The molecule has 0 unspecified atom stereocenters. The summed E-state index contributed by atoms with van der Waals surface area (Å²) in [4.78, 5) is 10.2. The average molecular weight is 239 g/mol. The lowest BCUT2D eigenvalue weighted by Crippen LogP contribution is -2.16. The van der Waals surface area contributed by atoms with Crippen LogP contribution in [0.1, 0.15) is 13.3 Å². The van der Waals surface area contributed by atoms with E-state index in [0.29, 0.717) is 18.3 Å². The predicted octanol–water partition coefficient (Wildman–Crippen LogP) is 0.821. The highest BCUT2D eigenvalue weighted by atomic mass is 16.5. The number of ether oxygens (including phenoxy) is 1. The van der Waals surface area contributed by atoms with Crippen molar-refractivity contribution in [2.24, 2.45) is 0 Å². The van der Waals surface area contributed by atoms with Crippen LogP contribution in [-0.4, -0.2) is 48.7 Å². The molecule has 1 rings (SSSR count). The van der Waals surface area contributed by atoms with Crippen molar-refractivity contribution in [3.05, 3.63) is 6.07 Å². The summed E-state index contributed by atoms with van der Waals surface area (Å²) < 4.78 is 5.53. The first kappa shape index (κ1) is 13.5. The molecule has 0 aliphatic heterocycles. The van der Waals surface area contributed by atoms with E-state index >= 15 is 0 Å². The Morgan fingerprint density at radius 3 is 2.82 bits per heavy atom. The van der Waals surface area contributed by atoms with Gasteiger partial charge >= 0.3 is 0 Å². The fourth-order valence-electron chi connectivity index (χ4n) is 1.35. The average Bonchev–Trinajstić information content (AvgIpc) is 2.24. The van der Waals surface area contributed by atoms with Gasteiger partial charge in [0.05, 0.1) is 6.61 Å². The van der Waals surface area contributed by atoms with Crippen molar-refractivity contribution >= 4 is 11.8 Å². The maximum atomic E-state index is 5.59. The SMILES string of the molecule is CCNc1cc(OCCCN(C)C)nc(N)n1. The van der Waals surface area contributed by atoms with Gasteiger partial charge in [-0.05, 0) is 27.4 Å². The largest absolute Gasteiger partial charge is 0.477 e. The van der Waals surface area contributed by atoms with E-state index in [4.69, 9.17) is 10.5 Å². The Labute approximate surface area is 102 Å². The molecule has 1 aromatic rings. The third-order valence-corrected chi connectivity index (χ3v) is 2.08. The second kappa shape index (κ2) is 6.90. The number of nitrogen functional groups attached to an aromatic ring is 1. The Kier molecular flexibility index (Phi) is 5.48. The second-order valence-electron chi connectivity index (χ2n) is 3.99. The minimum atomic E-state index is 0.228. The summed E-state index contributed by atoms with van der Waals surface area (Å²) in [5.41, 5.74) is 5.59. The minimum absolute atomic E-state index is 0.228. The van der Waals surface area contributed by atoms with E-state index in [1.807, 2.05) is 21.0 Å². The van der Waals surface area contributed by atoms with Crippen LogP contribution in [0.25, 0.3) is 0 Å². The molecule has 0 radical (unpaired) electrons. The fourth-order valence-corrected chi connectivity index (χ4v) is 1.35. The first-order valence-electron chi connectivity index (χ1n) is 5.77. The summed E-state index contributed by atoms with van der Waals surface area (Å²) in [6.45, 7) is 4.40. The van der Waals surface area contributed by atoms with Crippen LogP contribution in [-0.2, 0) is 0 Å². The number of aromatic nitrogens is 2. The molecular formula is C11H21N5O. The number of hydrogen-bond acceptors (Lipinski definition) is 6. The van der Waals surface area contributed by atoms with Crippen LogP contribution in [0.3, 0.4) is 0 Å². The molecule has 96 valence electrons. The molecule has 1 aromatic heterocycles. The summed E-state index contributed by atoms with van der Waals surface area (Å²) in [5, 5.41) is 3.08. The molecule has 6 nitrogen and oxygen atoms in total.